The van der Waals surface area contributed by atoms with Crippen molar-refractivity contribution in [1.29, 1.82) is 0 Å². The van der Waals surface area contributed by atoms with Gasteiger partial charge >= 0.3 is 0 Å². The molecule has 0 heteroatoms. The first-order valence-electron chi connectivity index (χ1n) is 14.2. The molecule has 4 atom stereocenters. The molecule has 0 aliphatic rings. The smallest absolute Gasteiger partial charge is 0.0443 e. The third kappa shape index (κ3) is 21.2. The minimum Gasteiger partial charge on any atom is -0.0628 e. The Balaban J connectivity index is 3.54. The van der Waals surface area contributed by atoms with Crippen molar-refractivity contribution >= 4 is 0 Å². The molecule has 0 aromatic heterocycles. The Labute approximate surface area is 193 Å². The highest BCUT2D eigenvalue weighted by Gasteiger charge is 2.09. The second kappa shape index (κ2) is 19.7. The van der Waals surface area contributed by atoms with Crippen molar-refractivity contribution < 1.29 is 0 Å². The van der Waals surface area contributed by atoms with Crippen LogP contribution in [0.5, 0.6) is 0 Å². The van der Waals surface area contributed by atoms with E-state index in [0.29, 0.717) is 0 Å². The molecular weight excluding hydrogens is 360 g/mol. The predicted molar refractivity (Wildman–Crippen MR) is 140 cm³/mol. The van der Waals surface area contributed by atoms with E-state index in [1.165, 1.54) is 103 Å². The van der Waals surface area contributed by atoms with Crippen LogP contribution in [0.4, 0.5) is 0 Å². The van der Waals surface area contributed by atoms with E-state index < -0.39 is 0 Å². The molecule has 0 aliphatic heterocycles. The standard InChI is InChI=1S/C30H62/c1-25(2)15-11-19-29(7)23-13-21-27(5)17-9-10-18-28(6)22-14-24-30(8)20-12-16-26(3)4/h25-30H,9-24H2,1-8H3/t27-,28+,29-,30-/m1/s1. The van der Waals surface area contributed by atoms with Crippen molar-refractivity contribution in [2.45, 2.75) is 158 Å². The monoisotopic (exact) mass is 422 g/mol. The summed E-state index contributed by atoms with van der Waals surface area (Å²) in [6, 6.07) is 0. The average Bonchev–Trinajstić information content (AvgIpc) is 2.64. The van der Waals surface area contributed by atoms with E-state index in [2.05, 4.69) is 55.4 Å². The van der Waals surface area contributed by atoms with Crippen molar-refractivity contribution in [3.05, 3.63) is 0 Å². The van der Waals surface area contributed by atoms with Gasteiger partial charge in [-0.2, -0.15) is 0 Å². The van der Waals surface area contributed by atoms with Crippen molar-refractivity contribution in [3.8, 4) is 0 Å². The largest absolute Gasteiger partial charge is 0.0628 e. The molecule has 0 saturated heterocycles. The first-order chi connectivity index (χ1) is 14.2. The van der Waals surface area contributed by atoms with Gasteiger partial charge < -0.3 is 0 Å². The summed E-state index contributed by atoms with van der Waals surface area (Å²) in [6.45, 7) is 19.3. The van der Waals surface area contributed by atoms with Crippen molar-refractivity contribution in [2.24, 2.45) is 35.5 Å². The molecule has 0 saturated carbocycles. The predicted octanol–water partition coefficient (Wildman–Crippen LogP) is 11.1. The zero-order chi connectivity index (χ0) is 22.8. The fourth-order valence-corrected chi connectivity index (χ4v) is 4.94. The second-order valence-electron chi connectivity index (χ2n) is 12.2. The van der Waals surface area contributed by atoms with Crippen LogP contribution in [0.2, 0.25) is 0 Å². The van der Waals surface area contributed by atoms with E-state index >= 15 is 0 Å². The van der Waals surface area contributed by atoms with Gasteiger partial charge in [0.15, 0.2) is 0 Å². The highest BCUT2D eigenvalue weighted by molar-refractivity contribution is 4.62. The molecule has 0 aliphatic carbocycles. The lowest BCUT2D eigenvalue weighted by Crippen LogP contribution is -2.01. The summed E-state index contributed by atoms with van der Waals surface area (Å²) in [4.78, 5) is 0. The van der Waals surface area contributed by atoms with Gasteiger partial charge in [-0.1, -0.05) is 158 Å². The first-order valence-corrected chi connectivity index (χ1v) is 14.2. The molecule has 0 spiro atoms. The average molecular weight is 423 g/mol. The molecule has 0 N–H and O–H groups in total. The van der Waals surface area contributed by atoms with E-state index in [-0.39, 0.29) is 0 Å². The number of hydrogen-bond donors (Lipinski definition) is 0. The molecule has 0 aromatic carbocycles. The van der Waals surface area contributed by atoms with Crippen LogP contribution in [0, 0.1) is 35.5 Å². The van der Waals surface area contributed by atoms with E-state index in [9.17, 15) is 0 Å². The van der Waals surface area contributed by atoms with Gasteiger partial charge in [-0.05, 0) is 35.5 Å². The fourth-order valence-electron chi connectivity index (χ4n) is 4.94. The van der Waals surface area contributed by atoms with Crippen molar-refractivity contribution in [2.75, 3.05) is 0 Å². The van der Waals surface area contributed by atoms with Crippen LogP contribution < -0.4 is 0 Å². The summed E-state index contributed by atoms with van der Waals surface area (Å²) in [6.07, 6.45) is 23.2. The highest BCUT2D eigenvalue weighted by Crippen LogP contribution is 2.24. The third-order valence-corrected chi connectivity index (χ3v) is 7.39. The molecule has 182 valence electrons. The van der Waals surface area contributed by atoms with Crippen LogP contribution in [0.3, 0.4) is 0 Å². The molecule has 0 heterocycles. The third-order valence-electron chi connectivity index (χ3n) is 7.39. The molecule has 30 heavy (non-hydrogen) atoms. The van der Waals surface area contributed by atoms with Crippen molar-refractivity contribution in [3.63, 3.8) is 0 Å². The van der Waals surface area contributed by atoms with Gasteiger partial charge in [-0.25, -0.2) is 0 Å². The van der Waals surface area contributed by atoms with Gasteiger partial charge in [-0.3, -0.25) is 0 Å². The lowest BCUT2D eigenvalue weighted by Gasteiger charge is -2.16. The second-order valence-corrected chi connectivity index (χ2v) is 12.2. The van der Waals surface area contributed by atoms with E-state index in [0.717, 1.165) is 35.5 Å². The molecule has 0 fully saturated rings. The molecule has 0 rings (SSSR count). The van der Waals surface area contributed by atoms with Gasteiger partial charge in [0.05, 0.1) is 0 Å². The van der Waals surface area contributed by atoms with Gasteiger partial charge in [0, 0.05) is 0 Å². The summed E-state index contributed by atoms with van der Waals surface area (Å²) in [5.74, 6) is 5.51. The summed E-state index contributed by atoms with van der Waals surface area (Å²) in [5.41, 5.74) is 0. The Morgan fingerprint density at radius 2 is 0.467 bits per heavy atom. The molecule has 0 bridgehead atoms. The van der Waals surface area contributed by atoms with Gasteiger partial charge in [-0.15, -0.1) is 0 Å². The van der Waals surface area contributed by atoms with Crippen LogP contribution in [0.25, 0.3) is 0 Å². The zero-order valence-corrected chi connectivity index (χ0v) is 22.8. The molecule has 0 nitrogen and oxygen atoms in total. The van der Waals surface area contributed by atoms with Crippen LogP contribution in [0.15, 0.2) is 0 Å². The number of hydrogen-bond acceptors (Lipinski definition) is 0. The lowest BCUT2D eigenvalue weighted by atomic mass is 9.90. The van der Waals surface area contributed by atoms with Gasteiger partial charge in [0.1, 0.15) is 0 Å². The van der Waals surface area contributed by atoms with Crippen LogP contribution >= 0.6 is 0 Å². The Hall–Kier alpha value is 0. The maximum atomic E-state index is 2.49. The summed E-state index contributed by atoms with van der Waals surface area (Å²) >= 11 is 0. The molecule has 0 amide bonds. The van der Waals surface area contributed by atoms with Crippen LogP contribution in [-0.4, -0.2) is 0 Å². The van der Waals surface area contributed by atoms with Gasteiger partial charge in [0.25, 0.3) is 0 Å². The Kier molecular flexibility index (Phi) is 19.7. The maximum Gasteiger partial charge on any atom is -0.0443 e. The van der Waals surface area contributed by atoms with E-state index in [1.807, 2.05) is 0 Å². The summed E-state index contributed by atoms with van der Waals surface area (Å²) in [7, 11) is 0. The minimum atomic E-state index is 0.878. The summed E-state index contributed by atoms with van der Waals surface area (Å²) < 4.78 is 0. The Morgan fingerprint density at radius 1 is 0.267 bits per heavy atom. The first kappa shape index (κ1) is 30.0. The topological polar surface area (TPSA) is 0 Å². The normalized spacial score (nSPS) is 16.2. The quantitative estimate of drug-likeness (QED) is 0.161. The van der Waals surface area contributed by atoms with E-state index in [4.69, 9.17) is 0 Å². The van der Waals surface area contributed by atoms with Crippen molar-refractivity contribution in [1.82, 2.24) is 0 Å². The molecule has 0 radical (unpaired) electrons. The Morgan fingerprint density at radius 3 is 0.700 bits per heavy atom. The molecular formula is C30H62. The number of unbranched alkanes of at least 4 members (excludes halogenated alkanes) is 1. The summed E-state index contributed by atoms with van der Waals surface area (Å²) in [5, 5.41) is 0. The Bertz CT molecular complexity index is 308. The zero-order valence-electron chi connectivity index (χ0n) is 22.8. The highest BCUT2D eigenvalue weighted by atomic mass is 14.1. The minimum absolute atomic E-state index is 0.878. The lowest BCUT2D eigenvalue weighted by molar-refractivity contribution is 0.369. The fraction of sp³-hybridized carbons (Fsp3) is 1.00. The van der Waals surface area contributed by atoms with Crippen LogP contribution in [0.1, 0.15) is 158 Å². The molecule has 0 aromatic rings. The van der Waals surface area contributed by atoms with E-state index in [1.54, 1.807) is 0 Å². The molecule has 0 unspecified atom stereocenters. The maximum absolute atomic E-state index is 2.49. The van der Waals surface area contributed by atoms with Gasteiger partial charge in [0.2, 0.25) is 0 Å². The number of rotatable bonds is 21. The SMILES string of the molecule is CC(C)CCC[C@@H](C)CCC[C@H](C)CCCC[C@H](C)CCC[C@H](C)CCCC(C)C. The van der Waals surface area contributed by atoms with Crippen LogP contribution in [-0.2, 0) is 0 Å².